The number of aryl methyl sites for hydroxylation is 1. The van der Waals surface area contributed by atoms with Gasteiger partial charge in [0.25, 0.3) is 0 Å². The third kappa shape index (κ3) is 6.51. The van der Waals surface area contributed by atoms with E-state index in [0.717, 1.165) is 48.8 Å². The van der Waals surface area contributed by atoms with Gasteiger partial charge in [-0.2, -0.15) is 5.10 Å². The van der Waals surface area contributed by atoms with Crippen molar-refractivity contribution in [2.24, 2.45) is 13.0 Å². The number of para-hydroxylation sites is 2. The Morgan fingerprint density at radius 1 is 1.12 bits per heavy atom. The molecule has 0 saturated heterocycles. The maximum atomic E-state index is 13.6. The maximum Gasteiger partial charge on any atom is 0.327 e. The standard InChI is InChI=1S/C30H35N5O5/c1-34-28(15-16-32-34)35(29(36)22-7-3-2-4-8-22)25(30(37)38)19-21-11-13-23(14-12-21)39-18-17-31-20-27-33-24-9-5-6-10-26(24)40-27/h5-6,9-16,22,25,31H,2-4,7-8,17-20H2,1H3,(H,37,38). The van der Waals surface area contributed by atoms with Crippen LogP contribution in [-0.4, -0.2) is 50.9 Å². The fraction of sp³-hybridized carbons (Fsp3) is 0.400. The van der Waals surface area contributed by atoms with Crippen molar-refractivity contribution in [3.8, 4) is 5.75 Å². The van der Waals surface area contributed by atoms with Gasteiger partial charge in [-0.3, -0.25) is 14.4 Å². The number of rotatable bonds is 12. The van der Waals surface area contributed by atoms with Crippen LogP contribution >= 0.6 is 0 Å². The molecule has 0 aliphatic heterocycles. The number of hydrogen-bond acceptors (Lipinski definition) is 7. The molecule has 10 nitrogen and oxygen atoms in total. The molecular weight excluding hydrogens is 510 g/mol. The fourth-order valence-electron chi connectivity index (χ4n) is 5.24. The molecule has 2 N–H and O–H groups in total. The van der Waals surface area contributed by atoms with Crippen molar-refractivity contribution in [1.29, 1.82) is 0 Å². The predicted octanol–water partition coefficient (Wildman–Crippen LogP) is 4.34. The van der Waals surface area contributed by atoms with Crippen LogP contribution in [0.2, 0.25) is 0 Å². The Bertz CT molecular complexity index is 1390. The van der Waals surface area contributed by atoms with Crippen LogP contribution < -0.4 is 15.0 Å². The first kappa shape index (κ1) is 27.4. The second-order valence-corrected chi connectivity index (χ2v) is 10.2. The molecule has 1 atom stereocenters. The molecule has 1 saturated carbocycles. The van der Waals surface area contributed by atoms with Crippen molar-refractivity contribution < 1.29 is 23.8 Å². The molecule has 0 radical (unpaired) electrons. The van der Waals surface area contributed by atoms with Crippen LogP contribution in [0, 0.1) is 5.92 Å². The normalized spacial score (nSPS) is 14.7. The van der Waals surface area contributed by atoms with E-state index in [-0.39, 0.29) is 18.2 Å². The highest BCUT2D eigenvalue weighted by Crippen LogP contribution is 2.30. The average molecular weight is 546 g/mol. The molecule has 1 fully saturated rings. The second-order valence-electron chi connectivity index (χ2n) is 10.2. The summed E-state index contributed by atoms with van der Waals surface area (Å²) in [6.45, 7) is 1.55. The van der Waals surface area contributed by atoms with Crippen molar-refractivity contribution in [2.45, 2.75) is 51.1 Å². The first-order valence-electron chi connectivity index (χ1n) is 13.8. The lowest BCUT2D eigenvalue weighted by Gasteiger charge is -2.33. The number of aliphatic carboxylic acids is 1. The minimum Gasteiger partial charge on any atom is -0.492 e. The zero-order valence-electron chi connectivity index (χ0n) is 22.7. The molecule has 40 heavy (non-hydrogen) atoms. The molecule has 10 heteroatoms. The Balaban J connectivity index is 1.18. The number of carboxylic acids is 1. The first-order chi connectivity index (χ1) is 19.5. The van der Waals surface area contributed by atoms with E-state index in [0.29, 0.717) is 37.2 Å². The van der Waals surface area contributed by atoms with E-state index in [1.165, 1.54) is 4.90 Å². The van der Waals surface area contributed by atoms with Crippen molar-refractivity contribution in [2.75, 3.05) is 18.1 Å². The summed E-state index contributed by atoms with van der Waals surface area (Å²) >= 11 is 0. The average Bonchev–Trinajstić information content (AvgIpc) is 3.59. The van der Waals surface area contributed by atoms with Crippen LogP contribution in [0.5, 0.6) is 5.75 Å². The van der Waals surface area contributed by atoms with Gasteiger partial charge in [-0.25, -0.2) is 9.78 Å². The van der Waals surface area contributed by atoms with Crippen LogP contribution in [0.3, 0.4) is 0 Å². The SMILES string of the molecule is Cn1nccc1N(C(=O)C1CCCCC1)C(Cc1ccc(OCCNCc2nc3ccccc3o2)cc1)C(=O)O. The van der Waals surface area contributed by atoms with Gasteiger partial charge in [-0.1, -0.05) is 43.5 Å². The number of nitrogens with one attached hydrogen (secondary N) is 1. The number of oxazole rings is 1. The monoisotopic (exact) mass is 545 g/mol. The predicted molar refractivity (Wildman–Crippen MR) is 150 cm³/mol. The van der Waals surface area contributed by atoms with Crippen molar-refractivity contribution in [1.82, 2.24) is 20.1 Å². The lowest BCUT2D eigenvalue weighted by Crippen LogP contribution is -2.50. The smallest absolute Gasteiger partial charge is 0.327 e. The van der Waals surface area contributed by atoms with Crippen LogP contribution in [-0.2, 0) is 29.6 Å². The first-order valence-corrected chi connectivity index (χ1v) is 13.8. The quantitative estimate of drug-likeness (QED) is 0.252. The summed E-state index contributed by atoms with van der Waals surface area (Å²) in [5.41, 5.74) is 2.41. The summed E-state index contributed by atoms with van der Waals surface area (Å²) in [4.78, 5) is 32.0. The van der Waals surface area contributed by atoms with Gasteiger partial charge in [-0.05, 0) is 42.7 Å². The maximum absolute atomic E-state index is 13.6. The minimum atomic E-state index is -1.05. The van der Waals surface area contributed by atoms with E-state index in [2.05, 4.69) is 15.4 Å². The van der Waals surface area contributed by atoms with Crippen LogP contribution in [0.25, 0.3) is 11.1 Å². The number of ether oxygens (including phenoxy) is 1. The Hall–Kier alpha value is -4.18. The summed E-state index contributed by atoms with van der Waals surface area (Å²) in [5, 5.41) is 17.7. The van der Waals surface area contributed by atoms with E-state index in [1.54, 1.807) is 24.0 Å². The molecule has 4 aromatic rings. The molecule has 1 amide bonds. The highest BCUT2D eigenvalue weighted by molar-refractivity contribution is 5.99. The van der Waals surface area contributed by atoms with Crippen LogP contribution in [0.15, 0.2) is 65.2 Å². The van der Waals surface area contributed by atoms with Gasteiger partial charge in [0.15, 0.2) is 5.58 Å². The molecule has 1 aliphatic rings. The molecule has 5 rings (SSSR count). The number of nitrogens with zero attached hydrogens (tertiary/aromatic N) is 4. The van der Waals surface area contributed by atoms with E-state index in [4.69, 9.17) is 9.15 Å². The fourth-order valence-corrected chi connectivity index (χ4v) is 5.24. The van der Waals surface area contributed by atoms with Gasteiger partial charge in [0.1, 0.15) is 29.7 Å². The number of carboxylic acid groups (broad SMARTS) is 1. The lowest BCUT2D eigenvalue weighted by atomic mass is 9.87. The van der Waals surface area contributed by atoms with Crippen LogP contribution in [0.4, 0.5) is 5.82 Å². The van der Waals surface area contributed by atoms with Gasteiger partial charge >= 0.3 is 5.97 Å². The number of carbonyl (C=O) groups excluding carboxylic acids is 1. The minimum absolute atomic E-state index is 0.138. The topological polar surface area (TPSA) is 123 Å². The molecule has 2 heterocycles. The Labute approximate surface area is 232 Å². The van der Waals surface area contributed by atoms with Gasteiger partial charge < -0.3 is 19.6 Å². The van der Waals surface area contributed by atoms with E-state index < -0.39 is 12.0 Å². The highest BCUT2D eigenvalue weighted by Gasteiger charge is 2.36. The highest BCUT2D eigenvalue weighted by atomic mass is 16.5. The molecule has 1 aliphatic carbocycles. The molecule has 1 unspecified atom stereocenters. The van der Waals surface area contributed by atoms with Crippen molar-refractivity contribution in [3.63, 3.8) is 0 Å². The molecule has 210 valence electrons. The Kier molecular flexibility index (Phi) is 8.75. The number of amides is 1. The number of carbonyl (C=O) groups is 2. The molecular formula is C30H35N5O5. The van der Waals surface area contributed by atoms with Crippen LogP contribution in [0.1, 0.15) is 43.6 Å². The van der Waals surface area contributed by atoms with Crippen molar-refractivity contribution in [3.05, 3.63) is 72.2 Å². The Morgan fingerprint density at radius 3 is 2.60 bits per heavy atom. The number of aromatic nitrogens is 3. The van der Waals surface area contributed by atoms with Gasteiger partial charge in [-0.15, -0.1) is 0 Å². The Morgan fingerprint density at radius 2 is 1.90 bits per heavy atom. The zero-order chi connectivity index (χ0) is 27.9. The van der Waals surface area contributed by atoms with Gasteiger partial charge in [0.05, 0.1) is 12.7 Å². The molecule has 0 bridgehead atoms. The van der Waals surface area contributed by atoms with Gasteiger partial charge in [0.2, 0.25) is 11.8 Å². The van der Waals surface area contributed by atoms with E-state index in [1.807, 2.05) is 48.5 Å². The largest absolute Gasteiger partial charge is 0.492 e. The molecule has 0 spiro atoms. The molecule has 2 aromatic carbocycles. The summed E-state index contributed by atoms with van der Waals surface area (Å²) < 4.78 is 13.1. The van der Waals surface area contributed by atoms with E-state index >= 15 is 0 Å². The summed E-state index contributed by atoms with van der Waals surface area (Å²) in [7, 11) is 1.73. The lowest BCUT2D eigenvalue weighted by molar-refractivity contribution is -0.140. The summed E-state index contributed by atoms with van der Waals surface area (Å²) in [5.74, 6) is 0.448. The summed E-state index contributed by atoms with van der Waals surface area (Å²) in [6.07, 6.45) is 6.42. The number of hydrogen-bond donors (Lipinski definition) is 2. The van der Waals surface area contributed by atoms with Gasteiger partial charge in [0, 0.05) is 32.0 Å². The van der Waals surface area contributed by atoms with E-state index in [9.17, 15) is 14.7 Å². The third-order valence-corrected chi connectivity index (χ3v) is 7.34. The second kappa shape index (κ2) is 12.8. The molecule has 2 aromatic heterocycles. The number of benzene rings is 2. The van der Waals surface area contributed by atoms with Crippen molar-refractivity contribution >= 4 is 28.8 Å². The zero-order valence-corrected chi connectivity index (χ0v) is 22.7. The number of fused-ring (bicyclic) bond motifs is 1. The third-order valence-electron chi connectivity index (χ3n) is 7.34. The summed E-state index contributed by atoms with van der Waals surface area (Å²) in [6, 6.07) is 15.7. The number of anilines is 1.